The molecule has 0 saturated heterocycles. The molecule has 3 aromatic rings. The highest BCUT2D eigenvalue weighted by molar-refractivity contribution is 5.98. The number of amides is 1. The van der Waals surface area contributed by atoms with Crippen molar-refractivity contribution >= 4 is 5.91 Å². The molecule has 0 aliphatic carbocycles. The van der Waals surface area contributed by atoms with Crippen LogP contribution in [0.2, 0.25) is 0 Å². The van der Waals surface area contributed by atoms with Crippen molar-refractivity contribution in [3.63, 3.8) is 0 Å². The van der Waals surface area contributed by atoms with Crippen molar-refractivity contribution in [3.8, 4) is 17.2 Å². The van der Waals surface area contributed by atoms with E-state index in [0.717, 1.165) is 17.2 Å². The highest BCUT2D eigenvalue weighted by Crippen LogP contribution is 2.27. The van der Waals surface area contributed by atoms with Crippen molar-refractivity contribution in [2.45, 2.75) is 6.54 Å². The maximum Gasteiger partial charge on any atom is 0.256 e. The third-order valence-electron chi connectivity index (χ3n) is 3.72. The molecule has 0 atom stereocenters. The number of rotatable bonds is 1. The molecule has 0 bridgehead atoms. The smallest absolute Gasteiger partial charge is 0.256 e. The van der Waals surface area contributed by atoms with Crippen LogP contribution in [0.25, 0.3) is 17.2 Å². The van der Waals surface area contributed by atoms with Crippen LogP contribution in [0, 0.1) is 0 Å². The fourth-order valence-corrected chi connectivity index (χ4v) is 2.67. The van der Waals surface area contributed by atoms with Gasteiger partial charge in [0.1, 0.15) is 5.69 Å². The molecule has 1 aliphatic heterocycles. The van der Waals surface area contributed by atoms with Crippen LogP contribution in [-0.4, -0.2) is 37.6 Å². The fourth-order valence-electron chi connectivity index (χ4n) is 2.67. The number of aromatic nitrogens is 4. The summed E-state index contributed by atoms with van der Waals surface area (Å²) in [7, 11) is 1.77. The second-order valence-electron chi connectivity index (χ2n) is 5.17. The van der Waals surface area contributed by atoms with E-state index < -0.39 is 0 Å². The number of carbonyl (C=O) groups is 1. The van der Waals surface area contributed by atoms with Crippen molar-refractivity contribution < 1.29 is 4.79 Å². The highest BCUT2D eigenvalue weighted by Gasteiger charge is 2.27. The Labute approximate surface area is 127 Å². The molecule has 6 nitrogen and oxygen atoms in total. The molecule has 1 amide bonds. The van der Waals surface area contributed by atoms with Gasteiger partial charge in [-0.05, 0) is 24.3 Å². The Kier molecular flexibility index (Phi) is 2.75. The largest absolute Gasteiger partial charge is 0.334 e. The summed E-state index contributed by atoms with van der Waals surface area (Å²) in [5.41, 5.74) is 2.16. The van der Waals surface area contributed by atoms with E-state index in [1.165, 1.54) is 0 Å². The summed E-state index contributed by atoms with van der Waals surface area (Å²) < 4.78 is 1.92. The van der Waals surface area contributed by atoms with Crippen molar-refractivity contribution in [1.29, 1.82) is 0 Å². The second-order valence-corrected chi connectivity index (χ2v) is 5.17. The Morgan fingerprint density at radius 1 is 1.05 bits per heavy atom. The minimum Gasteiger partial charge on any atom is -0.334 e. The molecule has 3 heterocycles. The average Bonchev–Trinajstić information content (AvgIpc) is 2.94. The topological polar surface area (TPSA) is 63.9 Å². The summed E-state index contributed by atoms with van der Waals surface area (Å²) in [6.45, 7) is 0.410. The van der Waals surface area contributed by atoms with Crippen molar-refractivity contribution in [1.82, 2.24) is 24.6 Å². The zero-order valence-electron chi connectivity index (χ0n) is 12.0. The maximum atomic E-state index is 12.5. The molecule has 0 saturated carbocycles. The summed E-state index contributed by atoms with van der Waals surface area (Å²) in [5, 5.41) is 8.54. The first-order chi connectivity index (χ1) is 10.8. The van der Waals surface area contributed by atoms with Gasteiger partial charge in [0.2, 0.25) is 0 Å². The van der Waals surface area contributed by atoms with E-state index >= 15 is 0 Å². The molecular weight excluding hydrogens is 278 g/mol. The number of carbonyl (C=O) groups excluding carboxylic acids is 1. The molecule has 0 radical (unpaired) electrons. The normalized spacial score (nSPS) is 13.5. The van der Waals surface area contributed by atoms with E-state index in [4.69, 9.17) is 0 Å². The third-order valence-corrected chi connectivity index (χ3v) is 3.72. The van der Waals surface area contributed by atoms with E-state index in [2.05, 4.69) is 15.2 Å². The standard InChI is InChI=1S/C16H13N5O/c1-20-10-14-18-19-15(12-7-4-5-9-17-12)21(14)13-8-3-2-6-11(13)16(20)22/h2-9H,10H2,1H3. The van der Waals surface area contributed by atoms with Gasteiger partial charge in [-0.25, -0.2) is 0 Å². The maximum absolute atomic E-state index is 12.5. The molecule has 1 aliphatic rings. The summed E-state index contributed by atoms with van der Waals surface area (Å²) in [6.07, 6.45) is 1.72. The number of hydrogen-bond donors (Lipinski definition) is 0. The summed E-state index contributed by atoms with van der Waals surface area (Å²) in [5.74, 6) is 1.35. The first kappa shape index (κ1) is 12.7. The molecule has 22 heavy (non-hydrogen) atoms. The second kappa shape index (κ2) is 4.77. The SMILES string of the molecule is CN1Cc2nnc(-c3ccccn3)n2-c2ccccc2C1=O. The lowest BCUT2D eigenvalue weighted by Crippen LogP contribution is -2.25. The van der Waals surface area contributed by atoms with Gasteiger partial charge in [0.05, 0.1) is 17.8 Å². The number of fused-ring (bicyclic) bond motifs is 3. The zero-order valence-corrected chi connectivity index (χ0v) is 12.0. The van der Waals surface area contributed by atoms with E-state index in [9.17, 15) is 4.79 Å². The molecule has 1 aromatic carbocycles. The van der Waals surface area contributed by atoms with Crippen LogP contribution in [0.1, 0.15) is 16.2 Å². The number of benzene rings is 1. The van der Waals surface area contributed by atoms with Crippen LogP contribution < -0.4 is 0 Å². The Hall–Kier alpha value is -3.02. The van der Waals surface area contributed by atoms with Crippen molar-refractivity contribution in [2.75, 3.05) is 7.05 Å². The van der Waals surface area contributed by atoms with Gasteiger partial charge in [-0.15, -0.1) is 10.2 Å². The van der Waals surface area contributed by atoms with Gasteiger partial charge in [-0.2, -0.15) is 0 Å². The lowest BCUT2D eigenvalue weighted by atomic mass is 10.1. The Morgan fingerprint density at radius 2 is 1.86 bits per heavy atom. The quantitative estimate of drug-likeness (QED) is 0.687. The molecule has 0 N–H and O–H groups in total. The minimum atomic E-state index is -0.0203. The molecule has 2 aromatic heterocycles. The van der Waals surface area contributed by atoms with Gasteiger partial charge < -0.3 is 4.90 Å². The zero-order chi connectivity index (χ0) is 15.1. The van der Waals surface area contributed by atoms with Gasteiger partial charge in [0, 0.05) is 13.2 Å². The van der Waals surface area contributed by atoms with Gasteiger partial charge in [-0.1, -0.05) is 18.2 Å². The molecule has 108 valence electrons. The van der Waals surface area contributed by atoms with E-state index in [-0.39, 0.29) is 5.91 Å². The summed E-state index contributed by atoms with van der Waals surface area (Å²) >= 11 is 0. The average molecular weight is 291 g/mol. The predicted molar refractivity (Wildman–Crippen MR) is 80.4 cm³/mol. The Morgan fingerprint density at radius 3 is 2.68 bits per heavy atom. The van der Waals surface area contributed by atoms with Gasteiger partial charge in [0.15, 0.2) is 11.6 Å². The van der Waals surface area contributed by atoms with Crippen molar-refractivity contribution in [2.24, 2.45) is 0 Å². The third kappa shape index (κ3) is 1.81. The van der Waals surface area contributed by atoms with Crippen LogP contribution >= 0.6 is 0 Å². The Bertz CT molecular complexity index is 856. The van der Waals surface area contributed by atoms with Crippen LogP contribution in [0.3, 0.4) is 0 Å². The van der Waals surface area contributed by atoms with E-state index in [1.807, 2.05) is 47.0 Å². The van der Waals surface area contributed by atoms with Crippen LogP contribution in [0.5, 0.6) is 0 Å². The molecule has 4 rings (SSSR count). The van der Waals surface area contributed by atoms with Crippen LogP contribution in [0.15, 0.2) is 48.7 Å². The lowest BCUT2D eigenvalue weighted by Gasteiger charge is -2.12. The fraction of sp³-hybridized carbons (Fsp3) is 0.125. The Balaban J connectivity index is 2.02. The van der Waals surface area contributed by atoms with Gasteiger partial charge in [-0.3, -0.25) is 14.3 Å². The van der Waals surface area contributed by atoms with E-state index in [1.54, 1.807) is 18.1 Å². The van der Waals surface area contributed by atoms with Crippen LogP contribution in [0.4, 0.5) is 0 Å². The first-order valence-electron chi connectivity index (χ1n) is 6.96. The van der Waals surface area contributed by atoms with Crippen LogP contribution in [-0.2, 0) is 6.54 Å². The highest BCUT2D eigenvalue weighted by atomic mass is 16.2. The molecule has 0 fully saturated rings. The molecule has 0 spiro atoms. The molecule has 0 unspecified atom stereocenters. The predicted octanol–water partition coefficient (Wildman–Crippen LogP) is 1.91. The minimum absolute atomic E-state index is 0.0203. The number of hydrogen-bond acceptors (Lipinski definition) is 4. The van der Waals surface area contributed by atoms with Gasteiger partial charge >= 0.3 is 0 Å². The number of nitrogens with zero attached hydrogens (tertiary/aromatic N) is 5. The molecular formula is C16H13N5O. The van der Waals surface area contributed by atoms with Crippen molar-refractivity contribution in [3.05, 3.63) is 60.0 Å². The summed E-state index contributed by atoms with van der Waals surface area (Å²) in [4.78, 5) is 18.5. The monoisotopic (exact) mass is 291 g/mol. The lowest BCUT2D eigenvalue weighted by molar-refractivity contribution is 0.0786. The first-order valence-corrected chi connectivity index (χ1v) is 6.96. The number of para-hydroxylation sites is 1. The van der Waals surface area contributed by atoms with Gasteiger partial charge in [0.25, 0.3) is 5.91 Å². The van der Waals surface area contributed by atoms with E-state index in [0.29, 0.717) is 17.9 Å². The molecule has 6 heteroatoms. The summed E-state index contributed by atoms with van der Waals surface area (Å²) in [6, 6.07) is 13.1. The number of pyridine rings is 1.